The van der Waals surface area contributed by atoms with E-state index in [4.69, 9.17) is 28.2 Å². The molecule has 1 atom stereocenters. The van der Waals surface area contributed by atoms with Gasteiger partial charge < -0.3 is 14.6 Å². The van der Waals surface area contributed by atoms with E-state index in [1.807, 2.05) is 42.2 Å². The average Bonchev–Trinajstić information content (AvgIpc) is 3.16. The van der Waals surface area contributed by atoms with Crippen molar-refractivity contribution in [2.24, 2.45) is 0 Å². The number of anilines is 1. The van der Waals surface area contributed by atoms with Gasteiger partial charge in [0, 0.05) is 11.9 Å². The van der Waals surface area contributed by atoms with Gasteiger partial charge in [0.2, 0.25) is 0 Å². The van der Waals surface area contributed by atoms with E-state index in [1.54, 1.807) is 18.5 Å². The smallest absolute Gasteiger partial charge is 0.174 e. The summed E-state index contributed by atoms with van der Waals surface area (Å²) in [4.78, 5) is 6.37. The summed E-state index contributed by atoms with van der Waals surface area (Å²) in [5.41, 5.74) is 1.49. The molecule has 1 aromatic carbocycles. The topological polar surface area (TPSA) is 41.3 Å². The second-order valence-corrected chi connectivity index (χ2v) is 6.49. The minimum atomic E-state index is -0.475. The lowest BCUT2D eigenvalue weighted by atomic mass is 10.2. The van der Waals surface area contributed by atoms with E-state index in [1.165, 1.54) is 12.1 Å². The first-order chi connectivity index (χ1) is 12.5. The normalized spacial score (nSPS) is 11.8. The number of pyridine rings is 1. The molecule has 3 rings (SSSR count). The van der Waals surface area contributed by atoms with Gasteiger partial charge in [0.05, 0.1) is 29.6 Å². The molecule has 0 fully saturated rings. The molecule has 0 aliphatic heterocycles. The fourth-order valence-electron chi connectivity index (χ4n) is 2.51. The van der Waals surface area contributed by atoms with Crippen LogP contribution in [0.15, 0.2) is 65.4 Å². The van der Waals surface area contributed by atoms with Crippen molar-refractivity contribution in [1.82, 2.24) is 9.88 Å². The summed E-state index contributed by atoms with van der Waals surface area (Å²) >= 11 is 11.4. The molecule has 0 unspecified atom stereocenters. The Morgan fingerprint density at radius 2 is 2.15 bits per heavy atom. The summed E-state index contributed by atoms with van der Waals surface area (Å²) < 4.78 is 18.8. The van der Waals surface area contributed by atoms with Crippen LogP contribution in [0.3, 0.4) is 0 Å². The van der Waals surface area contributed by atoms with Crippen LogP contribution in [0.1, 0.15) is 24.4 Å². The van der Waals surface area contributed by atoms with Gasteiger partial charge in [-0.25, -0.2) is 4.39 Å². The summed E-state index contributed by atoms with van der Waals surface area (Å²) in [7, 11) is 0. The second-order valence-electron chi connectivity index (χ2n) is 5.70. The molecule has 0 radical (unpaired) electrons. The van der Waals surface area contributed by atoms with Crippen molar-refractivity contribution in [3.05, 3.63) is 83.3 Å². The van der Waals surface area contributed by atoms with E-state index in [0.29, 0.717) is 17.3 Å². The fourth-order valence-corrected chi connectivity index (χ4v) is 3.03. The number of hydrogen-bond acceptors (Lipinski definition) is 3. The molecule has 0 saturated carbocycles. The molecule has 2 heterocycles. The second kappa shape index (κ2) is 8.29. The van der Waals surface area contributed by atoms with E-state index in [2.05, 4.69) is 10.3 Å². The Balaban J connectivity index is 1.84. The molecule has 1 N–H and O–H groups in total. The van der Waals surface area contributed by atoms with Crippen molar-refractivity contribution in [3.8, 4) is 0 Å². The Labute approximate surface area is 161 Å². The van der Waals surface area contributed by atoms with Crippen LogP contribution in [0, 0.1) is 5.82 Å². The SMILES string of the molecule is C[C@H](c1ccccn1)N(Cc1ccco1)C(=S)Nc1ccc(F)c(Cl)c1. The van der Waals surface area contributed by atoms with Gasteiger partial charge in [-0.1, -0.05) is 17.7 Å². The minimum absolute atomic E-state index is 0.0353. The van der Waals surface area contributed by atoms with E-state index in [9.17, 15) is 4.39 Å². The number of furan rings is 1. The Morgan fingerprint density at radius 3 is 2.81 bits per heavy atom. The first-order valence-corrected chi connectivity index (χ1v) is 8.79. The van der Waals surface area contributed by atoms with Crippen molar-refractivity contribution < 1.29 is 8.81 Å². The molecular weight excluding hydrogens is 373 g/mol. The third kappa shape index (κ3) is 4.39. The van der Waals surface area contributed by atoms with E-state index in [-0.39, 0.29) is 11.1 Å². The van der Waals surface area contributed by atoms with Crippen LogP contribution in [0.2, 0.25) is 5.02 Å². The van der Waals surface area contributed by atoms with E-state index >= 15 is 0 Å². The van der Waals surface area contributed by atoms with Crippen LogP contribution in [0.25, 0.3) is 0 Å². The van der Waals surface area contributed by atoms with Gasteiger partial charge in [0.25, 0.3) is 0 Å². The maximum Gasteiger partial charge on any atom is 0.174 e. The Morgan fingerprint density at radius 1 is 1.31 bits per heavy atom. The van der Waals surface area contributed by atoms with Crippen LogP contribution >= 0.6 is 23.8 Å². The number of hydrogen-bond donors (Lipinski definition) is 1. The molecule has 0 amide bonds. The molecule has 0 aliphatic rings. The third-order valence-electron chi connectivity index (χ3n) is 3.92. The molecule has 134 valence electrons. The molecule has 26 heavy (non-hydrogen) atoms. The summed E-state index contributed by atoms with van der Waals surface area (Å²) in [5, 5.41) is 3.61. The summed E-state index contributed by atoms with van der Waals surface area (Å²) in [5.74, 6) is 0.298. The van der Waals surface area contributed by atoms with Gasteiger partial charge in [-0.05, 0) is 61.6 Å². The highest BCUT2D eigenvalue weighted by atomic mass is 35.5. The maximum atomic E-state index is 13.4. The third-order valence-corrected chi connectivity index (χ3v) is 4.55. The van der Waals surface area contributed by atoms with Gasteiger partial charge in [-0.15, -0.1) is 0 Å². The van der Waals surface area contributed by atoms with Crippen molar-refractivity contribution in [1.29, 1.82) is 0 Å². The van der Waals surface area contributed by atoms with Crippen molar-refractivity contribution in [2.75, 3.05) is 5.32 Å². The predicted octanol–water partition coefficient (Wildman–Crippen LogP) is 5.43. The van der Waals surface area contributed by atoms with Gasteiger partial charge in [-0.3, -0.25) is 4.98 Å². The molecule has 7 heteroatoms. The van der Waals surface area contributed by atoms with E-state index < -0.39 is 5.82 Å². The zero-order valence-electron chi connectivity index (χ0n) is 14.0. The lowest BCUT2D eigenvalue weighted by molar-refractivity contribution is 0.299. The first kappa shape index (κ1) is 18.4. The predicted molar refractivity (Wildman–Crippen MR) is 105 cm³/mol. The number of rotatable bonds is 5. The molecule has 0 aliphatic carbocycles. The largest absolute Gasteiger partial charge is 0.467 e. The highest BCUT2D eigenvalue weighted by Gasteiger charge is 2.21. The zero-order chi connectivity index (χ0) is 18.5. The van der Waals surface area contributed by atoms with Gasteiger partial charge in [-0.2, -0.15) is 0 Å². The monoisotopic (exact) mass is 389 g/mol. The number of thiocarbonyl (C=S) groups is 1. The maximum absolute atomic E-state index is 13.4. The average molecular weight is 390 g/mol. The van der Waals surface area contributed by atoms with Crippen LogP contribution in [0.5, 0.6) is 0 Å². The number of aromatic nitrogens is 1. The molecule has 0 saturated heterocycles. The number of benzene rings is 1. The van der Waals surface area contributed by atoms with Gasteiger partial charge >= 0.3 is 0 Å². The highest BCUT2D eigenvalue weighted by Crippen LogP contribution is 2.24. The van der Waals surface area contributed by atoms with Crippen LogP contribution in [-0.2, 0) is 6.54 Å². The molecule has 4 nitrogen and oxygen atoms in total. The van der Waals surface area contributed by atoms with Crippen molar-refractivity contribution in [3.63, 3.8) is 0 Å². The van der Waals surface area contributed by atoms with Crippen LogP contribution in [-0.4, -0.2) is 15.0 Å². The van der Waals surface area contributed by atoms with Crippen molar-refractivity contribution in [2.45, 2.75) is 19.5 Å². The van der Waals surface area contributed by atoms with E-state index in [0.717, 1.165) is 11.5 Å². The van der Waals surface area contributed by atoms with Gasteiger partial charge in [0.1, 0.15) is 11.6 Å². The quantitative estimate of drug-likeness (QED) is 0.589. The minimum Gasteiger partial charge on any atom is -0.467 e. The Kier molecular flexibility index (Phi) is 5.85. The molecule has 0 spiro atoms. The zero-order valence-corrected chi connectivity index (χ0v) is 15.6. The summed E-state index contributed by atoms with van der Waals surface area (Å²) in [6.45, 7) is 2.47. The molecule has 2 aromatic heterocycles. The van der Waals surface area contributed by atoms with Crippen molar-refractivity contribution >= 4 is 34.6 Å². The van der Waals surface area contributed by atoms with Gasteiger partial charge in [0.15, 0.2) is 5.11 Å². The highest BCUT2D eigenvalue weighted by molar-refractivity contribution is 7.80. The lowest BCUT2D eigenvalue weighted by Gasteiger charge is -2.31. The molecular formula is C19H17ClFN3OS. The Bertz CT molecular complexity index is 874. The van der Waals surface area contributed by atoms with Crippen LogP contribution < -0.4 is 5.32 Å². The fraction of sp³-hybridized carbons (Fsp3) is 0.158. The van der Waals surface area contributed by atoms with Crippen LogP contribution in [0.4, 0.5) is 10.1 Å². The first-order valence-electron chi connectivity index (χ1n) is 8.00. The summed E-state index contributed by atoms with van der Waals surface area (Å²) in [6, 6.07) is 13.7. The number of nitrogens with one attached hydrogen (secondary N) is 1. The summed E-state index contributed by atoms with van der Waals surface area (Å²) in [6.07, 6.45) is 3.36. The number of nitrogens with zero attached hydrogens (tertiary/aromatic N) is 2. The lowest BCUT2D eigenvalue weighted by Crippen LogP contribution is -2.36. The standard InChI is InChI=1S/C19H17ClFN3OS/c1-13(18-6-2-3-9-22-18)24(12-15-5-4-10-25-15)19(26)23-14-7-8-17(21)16(20)11-14/h2-11,13H,12H2,1H3,(H,23,26)/t13-/m1/s1. The Hall–Kier alpha value is -2.44. The molecule has 3 aromatic rings. The number of halogens is 2. The molecule has 0 bridgehead atoms.